The van der Waals surface area contributed by atoms with Gasteiger partial charge in [-0.05, 0) is 13.0 Å². The fourth-order valence-corrected chi connectivity index (χ4v) is 3.27. The van der Waals surface area contributed by atoms with E-state index in [-0.39, 0.29) is 34.8 Å². The lowest BCUT2D eigenvalue weighted by atomic mass is 10.2. The molecule has 0 spiro atoms. The first-order valence-electron chi connectivity index (χ1n) is 7.71. The van der Waals surface area contributed by atoms with E-state index >= 15 is 0 Å². The van der Waals surface area contributed by atoms with E-state index in [1.807, 2.05) is 11.8 Å². The highest BCUT2D eigenvalue weighted by atomic mass is 35.5. The summed E-state index contributed by atoms with van der Waals surface area (Å²) in [5.74, 6) is 0.0577. The summed E-state index contributed by atoms with van der Waals surface area (Å²) < 4.78 is 60.5. The highest BCUT2D eigenvalue weighted by Crippen LogP contribution is 2.35. The molecule has 1 atom stereocenters. The third kappa shape index (κ3) is 3.53. The number of nitrogens with zero attached hydrogens (tertiary/aromatic N) is 3. The Labute approximate surface area is 154 Å². The molecule has 0 amide bonds. The second-order valence-corrected chi connectivity index (χ2v) is 8.09. The van der Waals surface area contributed by atoms with Crippen molar-refractivity contribution in [2.45, 2.75) is 25.1 Å². The van der Waals surface area contributed by atoms with Crippen LogP contribution in [0, 0.1) is 0 Å². The minimum absolute atomic E-state index is 0.00997. The summed E-state index contributed by atoms with van der Waals surface area (Å²) in [6.07, 6.45) is 1.31. The van der Waals surface area contributed by atoms with Crippen LogP contribution in [0.4, 0.5) is 14.6 Å². The number of alkyl halides is 2. The zero-order chi connectivity index (χ0) is 19.1. The van der Waals surface area contributed by atoms with E-state index < -0.39 is 15.4 Å². The van der Waals surface area contributed by atoms with Gasteiger partial charge in [-0.1, -0.05) is 11.6 Å². The number of pyridine rings is 2. The first-order chi connectivity index (χ1) is 12.1. The third-order valence-electron chi connectivity index (χ3n) is 3.93. The second kappa shape index (κ2) is 6.75. The molecule has 2 aromatic rings. The molecule has 0 N–H and O–H groups in total. The van der Waals surface area contributed by atoms with Gasteiger partial charge in [0, 0.05) is 31.1 Å². The molecule has 0 bridgehead atoms. The molecule has 3 rings (SSSR count). The van der Waals surface area contributed by atoms with Gasteiger partial charge >= 0.3 is 15.4 Å². The van der Waals surface area contributed by atoms with E-state index in [2.05, 4.69) is 9.97 Å². The van der Waals surface area contributed by atoms with Crippen LogP contribution in [0.2, 0.25) is 5.15 Å². The Morgan fingerprint density at radius 1 is 1.46 bits per heavy atom. The van der Waals surface area contributed by atoms with Crippen molar-refractivity contribution >= 4 is 38.4 Å². The Bertz CT molecular complexity index is 936. The maximum Gasteiger partial charge on any atom is 0.377 e. The number of morpholine rings is 1. The fourth-order valence-electron chi connectivity index (χ4n) is 2.55. The number of halogens is 3. The molecule has 2 aromatic heterocycles. The maximum absolute atomic E-state index is 13.4. The molecule has 11 heteroatoms. The average Bonchev–Trinajstić information content (AvgIpc) is 2.54. The van der Waals surface area contributed by atoms with Gasteiger partial charge in [-0.2, -0.15) is 17.2 Å². The summed E-state index contributed by atoms with van der Waals surface area (Å²) in [7, 11) is -5.18. The van der Waals surface area contributed by atoms with Crippen LogP contribution >= 0.6 is 11.6 Å². The molecule has 26 heavy (non-hydrogen) atoms. The van der Waals surface area contributed by atoms with Crippen molar-refractivity contribution in [1.82, 2.24) is 9.97 Å². The highest BCUT2D eigenvalue weighted by molar-refractivity contribution is 7.88. The fraction of sp³-hybridized carbons (Fsp3) is 0.467. The second-order valence-electron chi connectivity index (χ2n) is 5.94. The predicted molar refractivity (Wildman–Crippen MR) is 92.3 cm³/mol. The number of rotatable bonds is 4. The van der Waals surface area contributed by atoms with Gasteiger partial charge in [0.15, 0.2) is 10.9 Å². The maximum atomic E-state index is 13.4. The summed E-state index contributed by atoms with van der Waals surface area (Å²) >= 11 is 6.07. The van der Waals surface area contributed by atoms with Crippen molar-refractivity contribution in [1.29, 1.82) is 0 Å². The van der Waals surface area contributed by atoms with E-state index in [1.165, 1.54) is 18.3 Å². The molecular weight excluding hydrogens is 392 g/mol. The van der Waals surface area contributed by atoms with E-state index in [1.54, 1.807) is 0 Å². The lowest BCUT2D eigenvalue weighted by Crippen LogP contribution is -2.44. The number of aromatic nitrogens is 2. The molecule has 1 aliphatic heterocycles. The lowest BCUT2D eigenvalue weighted by molar-refractivity contribution is 0.0985. The van der Waals surface area contributed by atoms with Crippen molar-refractivity contribution in [3.8, 4) is 5.75 Å². The van der Waals surface area contributed by atoms with Gasteiger partial charge in [-0.3, -0.25) is 0 Å². The van der Waals surface area contributed by atoms with Gasteiger partial charge in [-0.25, -0.2) is 9.97 Å². The molecular formula is C15H16ClF2N3O4S. The number of anilines is 1. The summed E-state index contributed by atoms with van der Waals surface area (Å²) in [6.45, 7) is 3.54. The standard InChI is InChI=1S/C15H16ClF2N3O4S/c1-9-8-24-6-5-21(9)12-7-11(25-26(22,23)15(2,17)18)10-3-4-19-14(16)13(10)20-12/h3-4,7,9H,5-6,8H2,1-2H3/t9-/m1/s1. The number of hydrogen-bond acceptors (Lipinski definition) is 7. The van der Waals surface area contributed by atoms with E-state index in [4.69, 9.17) is 20.5 Å². The monoisotopic (exact) mass is 407 g/mol. The quantitative estimate of drug-likeness (QED) is 0.569. The number of fused-ring (bicyclic) bond motifs is 1. The van der Waals surface area contributed by atoms with Gasteiger partial charge in [0.1, 0.15) is 11.3 Å². The van der Waals surface area contributed by atoms with Crippen LogP contribution in [0.15, 0.2) is 18.3 Å². The Morgan fingerprint density at radius 3 is 2.85 bits per heavy atom. The lowest BCUT2D eigenvalue weighted by Gasteiger charge is -2.34. The third-order valence-corrected chi connectivity index (χ3v) is 5.49. The topological polar surface area (TPSA) is 81.6 Å². The van der Waals surface area contributed by atoms with E-state index in [0.717, 1.165) is 0 Å². The van der Waals surface area contributed by atoms with Crippen molar-refractivity contribution in [2.24, 2.45) is 0 Å². The molecule has 142 valence electrons. The molecule has 0 aromatic carbocycles. The Hall–Kier alpha value is -1.78. The zero-order valence-electron chi connectivity index (χ0n) is 13.9. The normalized spacial score (nSPS) is 19.0. The average molecular weight is 408 g/mol. The van der Waals surface area contributed by atoms with Crippen molar-refractivity contribution in [2.75, 3.05) is 24.7 Å². The molecule has 1 saturated heterocycles. The smallest absolute Gasteiger partial charge is 0.377 e. The minimum Gasteiger partial charge on any atom is -0.377 e. The van der Waals surface area contributed by atoms with E-state index in [0.29, 0.717) is 25.6 Å². The first-order valence-corrected chi connectivity index (χ1v) is 9.50. The molecule has 3 heterocycles. The highest BCUT2D eigenvalue weighted by Gasteiger charge is 2.42. The molecule has 0 radical (unpaired) electrons. The van der Waals surface area contributed by atoms with Crippen LogP contribution in [0.25, 0.3) is 10.9 Å². The van der Waals surface area contributed by atoms with Gasteiger partial charge in [0.05, 0.1) is 19.3 Å². The van der Waals surface area contributed by atoms with Gasteiger partial charge in [0.2, 0.25) is 0 Å². The molecule has 0 aliphatic carbocycles. The van der Waals surface area contributed by atoms with Gasteiger partial charge in [-0.15, -0.1) is 0 Å². The zero-order valence-corrected chi connectivity index (χ0v) is 15.5. The van der Waals surface area contributed by atoms with Crippen molar-refractivity contribution in [3.63, 3.8) is 0 Å². The van der Waals surface area contributed by atoms with Gasteiger partial charge in [0.25, 0.3) is 0 Å². The predicted octanol–water partition coefficient (Wildman–Crippen LogP) is 2.83. The largest absolute Gasteiger partial charge is 0.377 e. The van der Waals surface area contributed by atoms with Crippen LogP contribution in [0.3, 0.4) is 0 Å². The summed E-state index contributed by atoms with van der Waals surface area (Å²) in [5, 5.41) is -3.88. The Morgan fingerprint density at radius 2 is 2.19 bits per heavy atom. The Kier molecular flexibility index (Phi) is 4.93. The van der Waals surface area contributed by atoms with Crippen LogP contribution in [-0.2, 0) is 14.9 Å². The van der Waals surface area contributed by atoms with Crippen LogP contribution in [0.5, 0.6) is 5.75 Å². The van der Waals surface area contributed by atoms with Gasteiger partial charge < -0.3 is 13.8 Å². The molecule has 0 unspecified atom stereocenters. The van der Waals surface area contributed by atoms with Crippen molar-refractivity contribution in [3.05, 3.63) is 23.5 Å². The number of hydrogen-bond donors (Lipinski definition) is 0. The molecule has 0 saturated carbocycles. The molecule has 1 aliphatic rings. The summed E-state index contributed by atoms with van der Waals surface area (Å²) in [5.41, 5.74) is 0.162. The molecule has 7 nitrogen and oxygen atoms in total. The summed E-state index contributed by atoms with van der Waals surface area (Å²) in [6, 6.07) is 2.66. The summed E-state index contributed by atoms with van der Waals surface area (Å²) in [4.78, 5) is 10.2. The number of ether oxygens (including phenoxy) is 1. The Balaban J connectivity index is 2.16. The van der Waals surface area contributed by atoms with Crippen LogP contribution < -0.4 is 9.08 Å². The van der Waals surface area contributed by atoms with Crippen LogP contribution in [0.1, 0.15) is 13.8 Å². The molecule has 1 fully saturated rings. The van der Waals surface area contributed by atoms with Crippen molar-refractivity contribution < 1.29 is 26.1 Å². The first kappa shape index (κ1) is 19.0. The van der Waals surface area contributed by atoms with Crippen LogP contribution in [-0.4, -0.2) is 49.4 Å². The van der Waals surface area contributed by atoms with E-state index in [9.17, 15) is 17.2 Å². The minimum atomic E-state index is -5.18. The SMILES string of the molecule is C[C@@H]1COCCN1c1cc(OS(=O)(=O)C(C)(F)F)c2ccnc(Cl)c2n1.